The maximum atomic E-state index is 12.4. The second-order valence-electron chi connectivity index (χ2n) is 6.42. The highest BCUT2D eigenvalue weighted by Crippen LogP contribution is 2.39. The Balaban J connectivity index is 1.60. The number of methoxy groups -OCH3 is 3. The Hall–Kier alpha value is -2.91. The van der Waals surface area contributed by atoms with E-state index in [1.807, 2.05) is 6.92 Å². The monoisotopic (exact) mass is 463 g/mol. The molecule has 1 heterocycles. The molecule has 0 saturated carbocycles. The van der Waals surface area contributed by atoms with Crippen molar-refractivity contribution in [3.63, 3.8) is 0 Å². The van der Waals surface area contributed by atoms with Crippen molar-refractivity contribution in [2.45, 2.75) is 18.2 Å². The van der Waals surface area contributed by atoms with E-state index in [0.717, 1.165) is 22.9 Å². The van der Waals surface area contributed by atoms with Crippen LogP contribution < -0.4 is 19.5 Å². The topological polar surface area (TPSA) is 95.7 Å². The van der Waals surface area contributed by atoms with Gasteiger partial charge in [-0.1, -0.05) is 23.4 Å². The zero-order valence-electron chi connectivity index (χ0n) is 17.5. The smallest absolute Gasteiger partial charge is 0.277 e. The molecular formula is C21H22ClN3O5S. The first-order chi connectivity index (χ1) is 14.9. The van der Waals surface area contributed by atoms with Gasteiger partial charge in [0.1, 0.15) is 0 Å². The SMILES string of the molecule is COc1cc(C(C)NC(=O)CSc2nnc(-c3ccc(Cl)cc3)o2)cc(OC)c1OC. The number of hydrogen-bond donors (Lipinski definition) is 1. The number of nitrogens with one attached hydrogen (secondary N) is 1. The van der Waals surface area contributed by atoms with Gasteiger partial charge in [0.15, 0.2) is 11.5 Å². The average Bonchev–Trinajstić information content (AvgIpc) is 3.26. The molecule has 0 bridgehead atoms. The van der Waals surface area contributed by atoms with E-state index in [1.54, 1.807) is 57.7 Å². The second-order valence-corrected chi connectivity index (χ2v) is 7.78. The minimum atomic E-state index is -0.283. The molecule has 1 unspecified atom stereocenters. The summed E-state index contributed by atoms with van der Waals surface area (Å²) in [5.74, 6) is 1.84. The zero-order chi connectivity index (χ0) is 22.4. The lowest BCUT2D eigenvalue weighted by Crippen LogP contribution is -2.28. The molecule has 0 spiro atoms. The van der Waals surface area contributed by atoms with Gasteiger partial charge in [-0.25, -0.2) is 0 Å². The third kappa shape index (κ3) is 5.62. The van der Waals surface area contributed by atoms with E-state index in [1.165, 1.54) is 0 Å². The quantitative estimate of drug-likeness (QED) is 0.467. The molecule has 31 heavy (non-hydrogen) atoms. The Morgan fingerprint density at radius 3 is 2.32 bits per heavy atom. The highest BCUT2D eigenvalue weighted by molar-refractivity contribution is 7.99. The molecule has 1 atom stereocenters. The van der Waals surface area contributed by atoms with Crippen molar-refractivity contribution in [3.8, 4) is 28.7 Å². The third-order valence-corrected chi connectivity index (χ3v) is 5.46. The van der Waals surface area contributed by atoms with Crippen LogP contribution >= 0.6 is 23.4 Å². The van der Waals surface area contributed by atoms with E-state index in [9.17, 15) is 4.79 Å². The first kappa shape index (κ1) is 22.8. The van der Waals surface area contributed by atoms with E-state index in [0.29, 0.717) is 33.4 Å². The largest absolute Gasteiger partial charge is 0.493 e. The lowest BCUT2D eigenvalue weighted by Gasteiger charge is -2.18. The number of thioether (sulfide) groups is 1. The lowest BCUT2D eigenvalue weighted by atomic mass is 10.1. The second kappa shape index (κ2) is 10.4. The number of carbonyl (C=O) groups is 1. The summed E-state index contributed by atoms with van der Waals surface area (Å²) in [6.07, 6.45) is 0. The summed E-state index contributed by atoms with van der Waals surface area (Å²) in [5, 5.41) is 11.8. The van der Waals surface area contributed by atoms with E-state index < -0.39 is 0 Å². The normalized spacial score (nSPS) is 11.6. The van der Waals surface area contributed by atoms with E-state index in [2.05, 4.69) is 15.5 Å². The van der Waals surface area contributed by atoms with Crippen LogP contribution in [0.3, 0.4) is 0 Å². The molecule has 1 amide bonds. The van der Waals surface area contributed by atoms with Crippen LogP contribution in [0, 0.1) is 0 Å². The van der Waals surface area contributed by atoms with Gasteiger partial charge in [0, 0.05) is 10.6 Å². The standard InChI is InChI=1S/C21H22ClN3O5S/c1-12(14-9-16(27-2)19(29-4)17(10-14)28-3)23-18(26)11-31-21-25-24-20(30-21)13-5-7-15(22)8-6-13/h5-10,12H,11H2,1-4H3,(H,23,26). The molecule has 164 valence electrons. The minimum absolute atomic E-state index is 0.122. The Bertz CT molecular complexity index is 1020. The van der Waals surface area contributed by atoms with Gasteiger partial charge in [0.25, 0.3) is 5.22 Å². The number of hydrogen-bond acceptors (Lipinski definition) is 8. The molecule has 2 aromatic carbocycles. The maximum Gasteiger partial charge on any atom is 0.277 e. The molecule has 0 aliphatic heterocycles. The number of rotatable bonds is 9. The molecule has 0 radical (unpaired) electrons. The van der Waals surface area contributed by atoms with Crippen molar-refractivity contribution in [3.05, 3.63) is 47.0 Å². The van der Waals surface area contributed by atoms with Crippen LogP contribution in [0.15, 0.2) is 46.0 Å². The summed E-state index contributed by atoms with van der Waals surface area (Å²) in [6, 6.07) is 10.4. The van der Waals surface area contributed by atoms with Crippen molar-refractivity contribution in [2.24, 2.45) is 0 Å². The lowest BCUT2D eigenvalue weighted by molar-refractivity contribution is -0.119. The molecule has 0 saturated heterocycles. The fraction of sp³-hybridized carbons (Fsp3) is 0.286. The molecule has 0 fully saturated rings. The Morgan fingerprint density at radius 2 is 1.74 bits per heavy atom. The summed E-state index contributed by atoms with van der Waals surface area (Å²) < 4.78 is 21.7. The third-order valence-electron chi connectivity index (χ3n) is 4.39. The van der Waals surface area contributed by atoms with Crippen molar-refractivity contribution in [1.82, 2.24) is 15.5 Å². The summed E-state index contributed by atoms with van der Waals surface area (Å²) >= 11 is 7.05. The van der Waals surface area contributed by atoms with Gasteiger partial charge in [-0.05, 0) is 48.9 Å². The number of nitrogens with zero attached hydrogens (tertiary/aromatic N) is 2. The van der Waals surface area contributed by atoms with Crippen LogP contribution in [0.2, 0.25) is 5.02 Å². The predicted octanol–water partition coefficient (Wildman–Crippen LogP) is 4.39. The number of ether oxygens (including phenoxy) is 3. The molecule has 3 rings (SSSR count). The van der Waals surface area contributed by atoms with Gasteiger partial charge >= 0.3 is 0 Å². The van der Waals surface area contributed by atoms with Gasteiger partial charge in [-0.15, -0.1) is 10.2 Å². The fourth-order valence-electron chi connectivity index (χ4n) is 2.82. The van der Waals surface area contributed by atoms with Crippen LogP contribution in [0.1, 0.15) is 18.5 Å². The summed E-state index contributed by atoms with van der Waals surface area (Å²) in [7, 11) is 4.63. The van der Waals surface area contributed by atoms with Gasteiger partial charge in [0.05, 0.1) is 33.1 Å². The van der Waals surface area contributed by atoms with Gasteiger partial charge in [0.2, 0.25) is 17.5 Å². The van der Waals surface area contributed by atoms with Gasteiger partial charge < -0.3 is 23.9 Å². The molecule has 1 aromatic heterocycles. The summed E-state index contributed by atoms with van der Waals surface area (Å²) in [4.78, 5) is 12.4. The molecule has 10 heteroatoms. The summed E-state index contributed by atoms with van der Waals surface area (Å²) in [5.41, 5.74) is 1.57. The van der Waals surface area contributed by atoms with Crippen LogP contribution in [-0.4, -0.2) is 43.2 Å². The highest BCUT2D eigenvalue weighted by Gasteiger charge is 2.18. The molecule has 1 N–H and O–H groups in total. The molecule has 8 nitrogen and oxygen atoms in total. The summed E-state index contributed by atoms with van der Waals surface area (Å²) in [6.45, 7) is 1.87. The van der Waals surface area contributed by atoms with Crippen molar-refractivity contribution in [1.29, 1.82) is 0 Å². The van der Waals surface area contributed by atoms with Gasteiger partial charge in [-0.3, -0.25) is 4.79 Å². The molecular weight excluding hydrogens is 442 g/mol. The van der Waals surface area contributed by atoms with E-state index >= 15 is 0 Å². The number of amides is 1. The van der Waals surface area contributed by atoms with Crippen LogP contribution in [0.25, 0.3) is 11.5 Å². The maximum absolute atomic E-state index is 12.4. The number of halogens is 1. The van der Waals surface area contributed by atoms with Gasteiger partial charge in [-0.2, -0.15) is 0 Å². The van der Waals surface area contributed by atoms with Crippen LogP contribution in [0.4, 0.5) is 0 Å². The number of carbonyl (C=O) groups excluding carboxylic acids is 1. The Labute approximate surface area is 189 Å². The molecule has 0 aliphatic carbocycles. The number of benzene rings is 2. The first-order valence-electron chi connectivity index (χ1n) is 9.26. The van der Waals surface area contributed by atoms with Crippen molar-refractivity contribution < 1.29 is 23.4 Å². The minimum Gasteiger partial charge on any atom is -0.493 e. The number of aromatic nitrogens is 2. The average molecular weight is 464 g/mol. The Kier molecular flexibility index (Phi) is 7.64. The Morgan fingerprint density at radius 1 is 1.10 bits per heavy atom. The van der Waals surface area contributed by atoms with Crippen molar-refractivity contribution >= 4 is 29.3 Å². The van der Waals surface area contributed by atoms with E-state index in [4.69, 9.17) is 30.2 Å². The van der Waals surface area contributed by atoms with Crippen LogP contribution in [0.5, 0.6) is 17.2 Å². The highest BCUT2D eigenvalue weighted by atomic mass is 35.5. The zero-order valence-corrected chi connectivity index (χ0v) is 19.0. The molecule has 3 aromatic rings. The van der Waals surface area contributed by atoms with Crippen LogP contribution in [-0.2, 0) is 4.79 Å². The van der Waals surface area contributed by atoms with Crippen molar-refractivity contribution in [2.75, 3.05) is 27.1 Å². The first-order valence-corrected chi connectivity index (χ1v) is 10.6. The predicted molar refractivity (Wildman–Crippen MR) is 118 cm³/mol. The molecule has 0 aliphatic rings. The fourth-order valence-corrected chi connectivity index (χ4v) is 3.52. The van der Waals surface area contributed by atoms with E-state index in [-0.39, 0.29) is 17.7 Å².